The van der Waals surface area contributed by atoms with E-state index in [1.54, 1.807) is 12.1 Å². The molecule has 2 aliphatic rings. The lowest BCUT2D eigenvalue weighted by atomic mass is 9.60. The fourth-order valence-electron chi connectivity index (χ4n) is 9.17. The Balaban J connectivity index is 1.81. The molecule has 1 fully saturated rings. The van der Waals surface area contributed by atoms with Gasteiger partial charge in [-0.25, -0.2) is 0 Å². The van der Waals surface area contributed by atoms with Gasteiger partial charge in [-0.05, 0) is 117 Å². The number of unbranched alkanes of at least 4 members (excludes halogenated alkanes) is 4. The maximum Gasteiger partial charge on any atom is 0.303 e. The molecule has 8 nitrogen and oxygen atoms in total. The lowest BCUT2D eigenvalue weighted by Gasteiger charge is -2.49. The number of aliphatic carboxylic acids is 1. The molecular formula is C46H69NO7. The minimum Gasteiger partial charge on any atom is -0.508 e. The Morgan fingerprint density at radius 2 is 1.65 bits per heavy atom. The van der Waals surface area contributed by atoms with Crippen molar-refractivity contribution in [1.29, 1.82) is 0 Å². The van der Waals surface area contributed by atoms with Gasteiger partial charge in [0.25, 0.3) is 0 Å². The molecule has 0 radical (unpaired) electrons. The molecule has 54 heavy (non-hydrogen) atoms. The fraction of sp³-hybridized carbons (Fsp3) is 0.630. The van der Waals surface area contributed by atoms with Crippen molar-refractivity contribution in [2.24, 2.45) is 5.92 Å². The minimum absolute atomic E-state index is 0.0894. The second-order valence-corrected chi connectivity index (χ2v) is 16.4. The fourth-order valence-corrected chi connectivity index (χ4v) is 9.17. The van der Waals surface area contributed by atoms with E-state index in [0.717, 1.165) is 107 Å². The van der Waals surface area contributed by atoms with Crippen molar-refractivity contribution < 1.29 is 35.4 Å². The Morgan fingerprint density at radius 1 is 0.944 bits per heavy atom. The zero-order chi connectivity index (χ0) is 39.0. The first-order chi connectivity index (χ1) is 26.0. The van der Waals surface area contributed by atoms with E-state index in [2.05, 4.69) is 42.6 Å². The van der Waals surface area contributed by atoms with E-state index in [-0.39, 0.29) is 37.2 Å². The first kappa shape index (κ1) is 43.7. The summed E-state index contributed by atoms with van der Waals surface area (Å²) >= 11 is 0. The van der Waals surface area contributed by atoms with Gasteiger partial charge in [-0.15, -0.1) is 0 Å². The summed E-state index contributed by atoms with van der Waals surface area (Å²) in [5, 5.41) is 68.4. The highest BCUT2D eigenvalue weighted by Gasteiger charge is 2.49. The van der Waals surface area contributed by atoms with E-state index in [0.29, 0.717) is 25.8 Å². The second kappa shape index (κ2) is 21.9. The van der Waals surface area contributed by atoms with E-state index in [4.69, 9.17) is 0 Å². The topological polar surface area (TPSA) is 150 Å². The molecule has 5 atom stereocenters. The third-order valence-corrected chi connectivity index (χ3v) is 12.4. The van der Waals surface area contributed by atoms with Crippen LogP contribution in [0, 0.1) is 5.92 Å². The monoisotopic (exact) mass is 748 g/mol. The Kier molecular flexibility index (Phi) is 17.7. The molecule has 0 aromatic heterocycles. The predicted octanol–water partition coefficient (Wildman–Crippen LogP) is 8.07. The van der Waals surface area contributed by atoms with Gasteiger partial charge < -0.3 is 36.0 Å². The number of phenolic OH excluding ortho intramolecular Hbond substituents is 1. The van der Waals surface area contributed by atoms with Crippen LogP contribution in [0.4, 0.5) is 0 Å². The van der Waals surface area contributed by atoms with E-state index in [1.807, 2.05) is 25.1 Å². The molecule has 0 heterocycles. The van der Waals surface area contributed by atoms with Crippen LogP contribution in [0.2, 0.25) is 0 Å². The second-order valence-electron chi connectivity index (χ2n) is 16.4. The number of hydrogen-bond donors (Lipinski definition) is 7. The average molecular weight is 748 g/mol. The molecule has 4 rings (SSSR count). The summed E-state index contributed by atoms with van der Waals surface area (Å²) < 4.78 is 0. The van der Waals surface area contributed by atoms with Gasteiger partial charge in [-0.1, -0.05) is 107 Å². The minimum atomic E-state index is -1.16. The Hall–Kier alpha value is -3.01. The molecule has 0 unspecified atom stereocenters. The highest BCUT2D eigenvalue weighted by atomic mass is 16.4. The number of benzene rings is 2. The van der Waals surface area contributed by atoms with Crippen molar-refractivity contribution in [3.63, 3.8) is 0 Å². The van der Waals surface area contributed by atoms with Crippen LogP contribution in [0.5, 0.6) is 5.75 Å². The van der Waals surface area contributed by atoms with Crippen LogP contribution < -0.4 is 5.32 Å². The average Bonchev–Trinajstić information content (AvgIpc) is 3.16. The number of aryl methyl sites for hydroxylation is 2. The van der Waals surface area contributed by atoms with Gasteiger partial charge in [0.15, 0.2) is 0 Å². The van der Waals surface area contributed by atoms with Crippen LogP contribution in [0.1, 0.15) is 140 Å². The summed E-state index contributed by atoms with van der Waals surface area (Å²) in [6, 6.07) is 15.7. The number of rotatable bonds is 20. The van der Waals surface area contributed by atoms with E-state index >= 15 is 0 Å². The van der Waals surface area contributed by atoms with Gasteiger partial charge in [0.05, 0.1) is 24.4 Å². The molecule has 0 saturated heterocycles. The van der Waals surface area contributed by atoms with E-state index < -0.39 is 29.2 Å². The number of aliphatic hydroxyl groups is 4. The third kappa shape index (κ3) is 12.5. The number of hydrogen-bond acceptors (Lipinski definition) is 7. The number of nitrogens with one attached hydrogen (secondary N) is 1. The van der Waals surface area contributed by atoms with Crippen LogP contribution in [0.3, 0.4) is 0 Å². The van der Waals surface area contributed by atoms with Crippen molar-refractivity contribution in [2.75, 3.05) is 13.2 Å². The van der Waals surface area contributed by atoms with Crippen LogP contribution in [0.15, 0.2) is 71.8 Å². The standard InChI is InChI=1S/C46H69NO7/c1-3-4-7-17-39(49)26-23-36-21-19-34-14-10-11-15-35(34)20-22-37(16-8-5-9-18-43(52)53)44(42(36)31-41(51)32-48)47-33-45(2,54)46(29-12-6-13-30-46)38-24-27-40(50)28-25-38/h10-11,14-15,23-28,37,39,41,44,47-51,54H,3-9,12-13,16-22,29-33H2,1-2H3,(H,52,53)/b26-23+,42-36+/t37-,39-,41-,44+,45+/m0/s1. The normalized spacial score (nSPS) is 23.0. The molecule has 7 N–H and O–H groups in total. The molecule has 300 valence electrons. The smallest absolute Gasteiger partial charge is 0.303 e. The molecule has 0 aliphatic heterocycles. The maximum absolute atomic E-state index is 12.7. The maximum atomic E-state index is 12.7. The lowest BCUT2D eigenvalue weighted by molar-refractivity contribution is -0.137. The van der Waals surface area contributed by atoms with Crippen molar-refractivity contribution in [2.45, 2.75) is 165 Å². The van der Waals surface area contributed by atoms with Gasteiger partial charge in [-0.2, -0.15) is 0 Å². The number of aliphatic hydroxyl groups excluding tert-OH is 3. The SMILES string of the molecule is CCCCC[C@H](O)/C=C/C1=C(\C[C@H](O)CO)[C@H](NC[C@@](C)(O)C2(c3ccc(O)cc3)CCCCC2)[C@@H](CCCCCC(=O)O)CCc2ccccc2CC1. The Morgan fingerprint density at radius 3 is 2.31 bits per heavy atom. The highest BCUT2D eigenvalue weighted by Crippen LogP contribution is 2.48. The van der Waals surface area contributed by atoms with Crippen LogP contribution >= 0.6 is 0 Å². The van der Waals surface area contributed by atoms with Gasteiger partial charge >= 0.3 is 5.97 Å². The van der Waals surface area contributed by atoms with Gasteiger partial charge in [0, 0.05) is 24.4 Å². The number of allylic oxidation sites excluding steroid dienone is 2. The Bertz CT molecular complexity index is 1480. The lowest BCUT2D eigenvalue weighted by Crippen LogP contribution is -2.58. The summed E-state index contributed by atoms with van der Waals surface area (Å²) in [6.07, 6.45) is 17.6. The largest absolute Gasteiger partial charge is 0.508 e. The zero-order valence-corrected chi connectivity index (χ0v) is 33.0. The molecule has 2 aromatic carbocycles. The number of carbonyl (C=O) groups is 1. The number of aromatic hydroxyl groups is 1. The summed E-state index contributed by atoms with van der Waals surface area (Å²) in [6.45, 7) is 4.00. The van der Waals surface area contributed by atoms with Gasteiger partial charge in [0.2, 0.25) is 0 Å². The summed E-state index contributed by atoms with van der Waals surface area (Å²) in [7, 11) is 0. The van der Waals surface area contributed by atoms with Crippen LogP contribution in [-0.4, -0.2) is 73.6 Å². The molecule has 1 saturated carbocycles. The number of fused-ring (bicyclic) bond motifs is 1. The van der Waals surface area contributed by atoms with Gasteiger partial charge in [0.1, 0.15) is 5.75 Å². The third-order valence-electron chi connectivity index (χ3n) is 12.4. The highest BCUT2D eigenvalue weighted by molar-refractivity contribution is 5.66. The molecule has 0 spiro atoms. The zero-order valence-electron chi connectivity index (χ0n) is 33.0. The van der Waals surface area contributed by atoms with Crippen molar-refractivity contribution >= 4 is 5.97 Å². The predicted molar refractivity (Wildman–Crippen MR) is 217 cm³/mol. The van der Waals surface area contributed by atoms with Crippen molar-refractivity contribution in [3.05, 3.63) is 88.5 Å². The summed E-state index contributed by atoms with van der Waals surface area (Å²) in [5.41, 5.74) is 3.98. The first-order valence-electron chi connectivity index (χ1n) is 20.9. The van der Waals surface area contributed by atoms with Crippen LogP contribution in [-0.2, 0) is 23.1 Å². The van der Waals surface area contributed by atoms with Gasteiger partial charge in [-0.3, -0.25) is 4.79 Å². The molecule has 8 heteroatoms. The van der Waals surface area contributed by atoms with Crippen LogP contribution in [0.25, 0.3) is 0 Å². The van der Waals surface area contributed by atoms with Crippen molar-refractivity contribution in [3.8, 4) is 5.75 Å². The van der Waals surface area contributed by atoms with Crippen molar-refractivity contribution in [1.82, 2.24) is 5.32 Å². The summed E-state index contributed by atoms with van der Waals surface area (Å²) in [4.78, 5) is 11.3. The number of phenols is 1. The molecule has 0 bridgehead atoms. The molecule has 2 aliphatic carbocycles. The first-order valence-corrected chi connectivity index (χ1v) is 20.9. The quantitative estimate of drug-likeness (QED) is 0.0673. The van der Waals surface area contributed by atoms with E-state index in [9.17, 15) is 35.4 Å². The Labute approximate surface area is 324 Å². The molecule has 0 amide bonds. The number of carboxylic acid groups (broad SMARTS) is 1. The number of carboxylic acids is 1. The molecular weight excluding hydrogens is 679 g/mol. The molecule has 2 aromatic rings. The van der Waals surface area contributed by atoms with E-state index in [1.165, 1.54) is 11.1 Å². The summed E-state index contributed by atoms with van der Waals surface area (Å²) in [5.74, 6) is -0.495.